The summed E-state index contributed by atoms with van der Waals surface area (Å²) in [7, 11) is 0. The van der Waals surface area contributed by atoms with Gasteiger partial charge in [0.15, 0.2) is 0 Å². The van der Waals surface area contributed by atoms with Crippen molar-refractivity contribution in [2.75, 3.05) is 18.4 Å². The highest BCUT2D eigenvalue weighted by atomic mass is 79.9. The van der Waals surface area contributed by atoms with Crippen molar-refractivity contribution in [1.82, 2.24) is 4.90 Å². The monoisotopic (exact) mass is 312 g/mol. The maximum Gasteiger partial charge on any atom is 0.241 e. The molecule has 1 aliphatic rings. The molecule has 1 unspecified atom stereocenters. The van der Waals surface area contributed by atoms with E-state index in [1.165, 1.54) is 0 Å². The Hall–Kier alpha value is -0.910. The summed E-state index contributed by atoms with van der Waals surface area (Å²) in [4.78, 5) is 14.1. The molecule has 1 aromatic rings. The van der Waals surface area contributed by atoms with Crippen LogP contribution in [0.1, 0.15) is 13.3 Å². The summed E-state index contributed by atoms with van der Waals surface area (Å²) in [6.07, 6.45) is 0.445. The summed E-state index contributed by atoms with van der Waals surface area (Å²) < 4.78 is 0.935. The number of hydrogen-bond donors (Lipinski definition) is 2. The molecular formula is C13H17BrN2O2. The number of likely N-dealkylation sites (tertiary alicyclic amines) is 1. The van der Waals surface area contributed by atoms with Crippen LogP contribution in [0.5, 0.6) is 0 Å². The summed E-state index contributed by atoms with van der Waals surface area (Å²) in [5.74, 6) is -0.0396. The van der Waals surface area contributed by atoms with Gasteiger partial charge in [-0.2, -0.15) is 0 Å². The quantitative estimate of drug-likeness (QED) is 0.895. The number of aliphatic hydroxyl groups is 1. The van der Waals surface area contributed by atoms with Gasteiger partial charge in [-0.05, 0) is 31.5 Å². The van der Waals surface area contributed by atoms with Crippen LogP contribution in [0, 0.1) is 0 Å². The summed E-state index contributed by atoms with van der Waals surface area (Å²) in [5, 5.41) is 12.4. The molecule has 0 aliphatic carbocycles. The van der Waals surface area contributed by atoms with Crippen molar-refractivity contribution in [3.05, 3.63) is 28.7 Å². The second-order valence-corrected chi connectivity index (χ2v) is 5.53. The Morgan fingerprint density at radius 2 is 2.39 bits per heavy atom. The zero-order valence-electron chi connectivity index (χ0n) is 10.3. The Labute approximate surface area is 115 Å². The molecule has 0 saturated carbocycles. The van der Waals surface area contributed by atoms with Gasteiger partial charge in [-0.15, -0.1) is 0 Å². The van der Waals surface area contributed by atoms with Crippen molar-refractivity contribution in [3.8, 4) is 0 Å². The number of carbonyl (C=O) groups is 1. The fourth-order valence-corrected chi connectivity index (χ4v) is 2.50. The fourth-order valence-electron chi connectivity index (χ4n) is 2.10. The summed E-state index contributed by atoms with van der Waals surface area (Å²) in [5.41, 5.74) is 0.779. The van der Waals surface area contributed by atoms with Gasteiger partial charge in [-0.1, -0.05) is 22.0 Å². The lowest BCUT2D eigenvalue weighted by Gasteiger charge is -2.22. The first kappa shape index (κ1) is 13.5. The van der Waals surface area contributed by atoms with Crippen molar-refractivity contribution in [2.45, 2.75) is 25.5 Å². The second-order valence-electron chi connectivity index (χ2n) is 4.61. The van der Waals surface area contributed by atoms with Crippen LogP contribution in [-0.4, -0.2) is 41.1 Å². The number of benzene rings is 1. The second kappa shape index (κ2) is 5.82. The Bertz CT molecular complexity index is 439. The van der Waals surface area contributed by atoms with Crippen molar-refractivity contribution in [2.24, 2.45) is 0 Å². The number of hydrogen-bond acceptors (Lipinski definition) is 3. The van der Waals surface area contributed by atoms with Crippen LogP contribution in [0.25, 0.3) is 0 Å². The average Bonchev–Trinajstić information content (AvgIpc) is 2.75. The maximum atomic E-state index is 12.1. The number of rotatable bonds is 3. The molecule has 1 saturated heterocycles. The van der Waals surface area contributed by atoms with Crippen LogP contribution < -0.4 is 5.32 Å². The number of halogens is 1. The molecular weight excluding hydrogens is 296 g/mol. The SMILES string of the molecule is CC(C(=O)Nc1cccc(Br)c1)N1CC[C@H](O)C1. The average molecular weight is 313 g/mol. The predicted octanol–water partition coefficient (Wildman–Crippen LogP) is 1.84. The third-order valence-corrected chi connectivity index (χ3v) is 3.71. The minimum atomic E-state index is -0.300. The molecule has 0 radical (unpaired) electrons. The molecule has 2 atom stereocenters. The minimum absolute atomic E-state index is 0.0396. The minimum Gasteiger partial charge on any atom is -0.392 e. The van der Waals surface area contributed by atoms with E-state index in [4.69, 9.17) is 0 Å². The first-order valence-corrected chi connectivity index (χ1v) is 6.84. The first-order valence-electron chi connectivity index (χ1n) is 6.05. The molecule has 1 fully saturated rings. The van der Waals surface area contributed by atoms with Crippen LogP contribution in [-0.2, 0) is 4.79 Å². The van der Waals surface area contributed by atoms with Gasteiger partial charge in [0.1, 0.15) is 0 Å². The van der Waals surface area contributed by atoms with Crippen LogP contribution >= 0.6 is 15.9 Å². The lowest BCUT2D eigenvalue weighted by atomic mass is 10.2. The number of aliphatic hydroxyl groups excluding tert-OH is 1. The van der Waals surface area contributed by atoms with Gasteiger partial charge in [-0.25, -0.2) is 0 Å². The summed E-state index contributed by atoms with van der Waals surface area (Å²) in [6.45, 7) is 3.21. The van der Waals surface area contributed by atoms with Gasteiger partial charge < -0.3 is 10.4 Å². The Morgan fingerprint density at radius 3 is 3.00 bits per heavy atom. The molecule has 1 amide bonds. The summed E-state index contributed by atoms with van der Waals surface area (Å²) >= 11 is 3.37. The molecule has 18 heavy (non-hydrogen) atoms. The van der Waals surface area contributed by atoms with Crippen molar-refractivity contribution in [3.63, 3.8) is 0 Å². The standard InChI is InChI=1S/C13H17BrN2O2/c1-9(16-6-5-12(17)8-16)13(18)15-11-4-2-3-10(14)7-11/h2-4,7,9,12,17H,5-6,8H2,1H3,(H,15,18)/t9?,12-/m0/s1. The third-order valence-electron chi connectivity index (χ3n) is 3.21. The smallest absolute Gasteiger partial charge is 0.241 e. The van der Waals surface area contributed by atoms with Gasteiger partial charge in [0, 0.05) is 23.2 Å². The lowest BCUT2D eigenvalue weighted by Crippen LogP contribution is -2.41. The molecule has 98 valence electrons. The zero-order valence-corrected chi connectivity index (χ0v) is 11.9. The van der Waals surface area contributed by atoms with E-state index in [-0.39, 0.29) is 18.1 Å². The van der Waals surface area contributed by atoms with E-state index in [0.29, 0.717) is 6.54 Å². The number of nitrogens with zero attached hydrogens (tertiary/aromatic N) is 1. The molecule has 0 spiro atoms. The highest BCUT2D eigenvalue weighted by Gasteiger charge is 2.28. The molecule has 2 rings (SSSR count). The number of carbonyl (C=O) groups excluding carboxylic acids is 1. The van der Waals surface area contributed by atoms with E-state index in [9.17, 15) is 9.90 Å². The van der Waals surface area contributed by atoms with E-state index in [0.717, 1.165) is 23.1 Å². The van der Waals surface area contributed by atoms with E-state index >= 15 is 0 Å². The van der Waals surface area contributed by atoms with Crippen molar-refractivity contribution < 1.29 is 9.90 Å². The number of nitrogens with one attached hydrogen (secondary N) is 1. The molecule has 4 nitrogen and oxygen atoms in total. The number of amides is 1. The Morgan fingerprint density at radius 1 is 1.61 bits per heavy atom. The fraction of sp³-hybridized carbons (Fsp3) is 0.462. The molecule has 1 aromatic carbocycles. The Kier molecular flexibility index (Phi) is 4.37. The maximum absolute atomic E-state index is 12.1. The molecule has 0 bridgehead atoms. The molecule has 5 heteroatoms. The number of anilines is 1. The molecule has 2 N–H and O–H groups in total. The molecule has 1 heterocycles. The highest BCUT2D eigenvalue weighted by molar-refractivity contribution is 9.10. The van der Waals surface area contributed by atoms with Crippen LogP contribution in [0.2, 0.25) is 0 Å². The number of β-amino-alcohol motifs (C(OH)–C–C–N with tert-alkyl or cyclic N) is 1. The van der Waals surface area contributed by atoms with Crippen molar-refractivity contribution in [1.29, 1.82) is 0 Å². The topological polar surface area (TPSA) is 52.6 Å². The predicted molar refractivity (Wildman–Crippen MR) is 74.4 cm³/mol. The summed E-state index contributed by atoms with van der Waals surface area (Å²) in [6, 6.07) is 7.29. The van der Waals surface area contributed by atoms with Gasteiger partial charge >= 0.3 is 0 Å². The van der Waals surface area contributed by atoms with E-state index in [1.54, 1.807) is 0 Å². The van der Waals surface area contributed by atoms with E-state index in [1.807, 2.05) is 36.1 Å². The van der Waals surface area contributed by atoms with Crippen LogP contribution in [0.3, 0.4) is 0 Å². The van der Waals surface area contributed by atoms with E-state index < -0.39 is 0 Å². The zero-order chi connectivity index (χ0) is 13.1. The molecule has 1 aliphatic heterocycles. The van der Waals surface area contributed by atoms with Gasteiger partial charge in [0.2, 0.25) is 5.91 Å². The third kappa shape index (κ3) is 3.31. The van der Waals surface area contributed by atoms with Crippen molar-refractivity contribution >= 4 is 27.5 Å². The lowest BCUT2D eigenvalue weighted by molar-refractivity contribution is -0.120. The van der Waals surface area contributed by atoms with Crippen LogP contribution in [0.15, 0.2) is 28.7 Å². The van der Waals surface area contributed by atoms with Gasteiger partial charge in [0.25, 0.3) is 0 Å². The largest absolute Gasteiger partial charge is 0.392 e. The highest BCUT2D eigenvalue weighted by Crippen LogP contribution is 2.17. The first-order chi connectivity index (χ1) is 8.56. The normalized spacial score (nSPS) is 21.8. The van der Waals surface area contributed by atoms with Gasteiger partial charge in [0.05, 0.1) is 12.1 Å². The van der Waals surface area contributed by atoms with E-state index in [2.05, 4.69) is 21.2 Å². The van der Waals surface area contributed by atoms with Crippen LogP contribution in [0.4, 0.5) is 5.69 Å². The molecule has 0 aromatic heterocycles. The Balaban J connectivity index is 1.95. The van der Waals surface area contributed by atoms with Gasteiger partial charge in [-0.3, -0.25) is 9.69 Å².